The average molecular weight is 398 g/mol. The molecule has 1 aromatic heterocycles. The molecular formula is C22H27N3O2S. The van der Waals surface area contributed by atoms with E-state index < -0.39 is 0 Å². The molecule has 5 nitrogen and oxygen atoms in total. The maximum absolute atomic E-state index is 12.6. The largest absolute Gasteiger partial charge is 0.372 e. The highest BCUT2D eigenvalue weighted by molar-refractivity contribution is 8.01. The van der Waals surface area contributed by atoms with Crippen LogP contribution in [0.3, 0.4) is 0 Å². The number of nitrogens with zero attached hydrogens (tertiary/aromatic N) is 2. The topological polar surface area (TPSA) is 54.5 Å². The number of morpholine rings is 1. The number of amides is 1. The molecule has 0 saturated carbocycles. The van der Waals surface area contributed by atoms with E-state index in [4.69, 9.17) is 4.74 Å². The number of anilines is 1. The fourth-order valence-electron chi connectivity index (χ4n) is 3.86. The number of aryl methyl sites for hydroxylation is 1. The molecule has 1 amide bonds. The number of nitrogens with one attached hydrogen (secondary N) is 1. The molecule has 6 heteroatoms. The second-order valence-electron chi connectivity index (χ2n) is 7.83. The van der Waals surface area contributed by atoms with Gasteiger partial charge >= 0.3 is 0 Å². The summed E-state index contributed by atoms with van der Waals surface area (Å²) in [7, 11) is 0. The van der Waals surface area contributed by atoms with Crippen LogP contribution in [0.25, 0.3) is 0 Å². The van der Waals surface area contributed by atoms with Gasteiger partial charge in [-0.05, 0) is 50.5 Å². The minimum atomic E-state index is -0.0413. The number of ether oxygens (including phenoxy) is 1. The highest BCUT2D eigenvalue weighted by Gasteiger charge is 2.28. The second kappa shape index (κ2) is 8.13. The van der Waals surface area contributed by atoms with Crippen LogP contribution in [-0.4, -0.2) is 41.4 Å². The Labute approximate surface area is 170 Å². The number of carbonyl (C=O) groups is 1. The number of pyridine rings is 1. The van der Waals surface area contributed by atoms with Crippen LogP contribution in [0.4, 0.5) is 5.82 Å². The van der Waals surface area contributed by atoms with E-state index in [0.717, 1.165) is 30.9 Å². The molecule has 0 unspecified atom stereocenters. The van der Waals surface area contributed by atoms with Crippen LogP contribution in [0, 0.1) is 6.92 Å². The Kier molecular flexibility index (Phi) is 5.60. The number of carbonyl (C=O) groups excluding carboxylic acids is 1. The van der Waals surface area contributed by atoms with Gasteiger partial charge in [0, 0.05) is 30.7 Å². The van der Waals surface area contributed by atoms with Crippen LogP contribution in [0.15, 0.2) is 41.4 Å². The predicted molar refractivity (Wildman–Crippen MR) is 113 cm³/mol. The van der Waals surface area contributed by atoms with Crippen molar-refractivity contribution in [2.75, 3.05) is 18.0 Å². The van der Waals surface area contributed by atoms with Crippen molar-refractivity contribution in [2.24, 2.45) is 0 Å². The van der Waals surface area contributed by atoms with E-state index in [1.807, 2.05) is 18.3 Å². The van der Waals surface area contributed by atoms with E-state index in [1.165, 1.54) is 16.0 Å². The molecule has 1 fully saturated rings. The molecule has 0 aliphatic carbocycles. The first-order valence-electron chi connectivity index (χ1n) is 9.87. The van der Waals surface area contributed by atoms with Gasteiger partial charge in [-0.15, -0.1) is 11.8 Å². The van der Waals surface area contributed by atoms with Gasteiger partial charge < -0.3 is 15.0 Å². The summed E-state index contributed by atoms with van der Waals surface area (Å²) in [6.45, 7) is 8.48. The minimum Gasteiger partial charge on any atom is -0.372 e. The standard InChI is InChI=1S/C22H27N3O2S/c1-14-4-6-18-9-20(28-19(18)8-14)22(26)24-11-17-5-7-21(23-10-17)25-12-15(2)27-16(3)13-25/h4-8,10,15-16,20H,9,11-13H2,1-3H3,(H,24,26)/t15-,16-,20-/m0/s1. The van der Waals surface area contributed by atoms with E-state index in [-0.39, 0.29) is 23.4 Å². The molecule has 4 rings (SSSR count). The molecule has 2 aliphatic heterocycles. The molecule has 2 aliphatic rings. The van der Waals surface area contributed by atoms with E-state index in [9.17, 15) is 4.79 Å². The summed E-state index contributed by atoms with van der Waals surface area (Å²) in [6, 6.07) is 10.5. The van der Waals surface area contributed by atoms with Gasteiger partial charge in [-0.25, -0.2) is 4.98 Å². The van der Waals surface area contributed by atoms with E-state index in [1.54, 1.807) is 11.8 Å². The fourth-order valence-corrected chi connectivity index (χ4v) is 5.17. The zero-order valence-corrected chi connectivity index (χ0v) is 17.5. The number of hydrogen-bond acceptors (Lipinski definition) is 5. The summed E-state index contributed by atoms with van der Waals surface area (Å²) in [5.41, 5.74) is 3.53. The van der Waals surface area contributed by atoms with Crippen molar-refractivity contribution >= 4 is 23.5 Å². The molecule has 3 heterocycles. The fraction of sp³-hybridized carbons (Fsp3) is 0.455. The molecule has 0 radical (unpaired) electrons. The van der Waals surface area contributed by atoms with E-state index >= 15 is 0 Å². The number of thioether (sulfide) groups is 1. The molecule has 0 spiro atoms. The maximum Gasteiger partial charge on any atom is 0.234 e. The first kappa shape index (κ1) is 19.3. The SMILES string of the molecule is Cc1ccc2c(c1)S[C@H](C(=O)NCc1ccc(N3C[C@H](C)O[C@@H](C)C3)nc1)C2. The highest BCUT2D eigenvalue weighted by Crippen LogP contribution is 2.37. The average Bonchev–Trinajstić information content (AvgIpc) is 3.09. The number of rotatable bonds is 4. The lowest BCUT2D eigenvalue weighted by Gasteiger charge is -2.36. The third kappa shape index (κ3) is 4.33. The Morgan fingerprint density at radius 3 is 2.75 bits per heavy atom. The van der Waals surface area contributed by atoms with Gasteiger partial charge in [0.15, 0.2) is 0 Å². The lowest BCUT2D eigenvalue weighted by molar-refractivity contribution is -0.120. The van der Waals surface area contributed by atoms with Crippen LogP contribution in [0.2, 0.25) is 0 Å². The normalized spacial score (nSPS) is 24.1. The lowest BCUT2D eigenvalue weighted by atomic mass is 10.1. The molecule has 2 aromatic rings. The third-order valence-electron chi connectivity index (χ3n) is 5.21. The van der Waals surface area contributed by atoms with Gasteiger partial charge in [-0.3, -0.25) is 4.79 Å². The molecule has 1 aromatic carbocycles. The Bertz CT molecular complexity index is 845. The number of hydrogen-bond donors (Lipinski definition) is 1. The Hall–Kier alpha value is -2.05. The van der Waals surface area contributed by atoms with Crippen LogP contribution < -0.4 is 10.2 Å². The van der Waals surface area contributed by atoms with Crippen LogP contribution in [0.5, 0.6) is 0 Å². The van der Waals surface area contributed by atoms with Crippen molar-refractivity contribution in [3.05, 3.63) is 53.2 Å². The molecular weight excluding hydrogens is 370 g/mol. The van der Waals surface area contributed by atoms with Crippen molar-refractivity contribution in [3.8, 4) is 0 Å². The van der Waals surface area contributed by atoms with E-state index in [2.05, 4.69) is 54.2 Å². The summed E-state index contributed by atoms with van der Waals surface area (Å²) < 4.78 is 5.79. The van der Waals surface area contributed by atoms with Crippen molar-refractivity contribution in [1.82, 2.24) is 10.3 Å². The summed E-state index contributed by atoms with van der Waals surface area (Å²) in [6.07, 6.45) is 3.08. The zero-order valence-electron chi connectivity index (χ0n) is 16.6. The number of benzene rings is 1. The lowest BCUT2D eigenvalue weighted by Crippen LogP contribution is -2.45. The van der Waals surface area contributed by atoms with Gasteiger partial charge in [0.05, 0.1) is 17.5 Å². The quantitative estimate of drug-likeness (QED) is 0.858. The van der Waals surface area contributed by atoms with Crippen molar-refractivity contribution < 1.29 is 9.53 Å². The summed E-state index contributed by atoms with van der Waals surface area (Å²) in [5.74, 6) is 1.06. The Morgan fingerprint density at radius 2 is 2.04 bits per heavy atom. The predicted octanol–water partition coefficient (Wildman–Crippen LogP) is 3.34. The number of fused-ring (bicyclic) bond motifs is 1. The Balaban J connectivity index is 1.31. The molecule has 3 atom stereocenters. The highest BCUT2D eigenvalue weighted by atomic mass is 32.2. The van der Waals surface area contributed by atoms with Gasteiger partial charge in [0.1, 0.15) is 5.82 Å². The second-order valence-corrected chi connectivity index (χ2v) is 9.07. The molecule has 1 saturated heterocycles. The van der Waals surface area contributed by atoms with Gasteiger partial charge in [-0.2, -0.15) is 0 Å². The maximum atomic E-state index is 12.6. The summed E-state index contributed by atoms with van der Waals surface area (Å²) in [5, 5.41) is 3.03. The molecule has 1 N–H and O–H groups in total. The first-order chi connectivity index (χ1) is 13.5. The van der Waals surface area contributed by atoms with Gasteiger partial charge in [-0.1, -0.05) is 23.8 Å². The van der Waals surface area contributed by atoms with Crippen LogP contribution >= 0.6 is 11.8 Å². The molecule has 0 bridgehead atoms. The monoisotopic (exact) mass is 397 g/mol. The van der Waals surface area contributed by atoms with Crippen molar-refractivity contribution in [2.45, 2.75) is 56.1 Å². The van der Waals surface area contributed by atoms with Crippen molar-refractivity contribution in [1.29, 1.82) is 0 Å². The summed E-state index contributed by atoms with van der Waals surface area (Å²) in [4.78, 5) is 20.7. The molecule has 148 valence electrons. The number of aromatic nitrogens is 1. The zero-order chi connectivity index (χ0) is 19.7. The van der Waals surface area contributed by atoms with Crippen LogP contribution in [0.1, 0.15) is 30.5 Å². The molecule has 28 heavy (non-hydrogen) atoms. The van der Waals surface area contributed by atoms with Crippen LogP contribution in [-0.2, 0) is 22.5 Å². The van der Waals surface area contributed by atoms with Gasteiger partial charge in [0.2, 0.25) is 5.91 Å². The van der Waals surface area contributed by atoms with Crippen molar-refractivity contribution in [3.63, 3.8) is 0 Å². The van der Waals surface area contributed by atoms with Gasteiger partial charge in [0.25, 0.3) is 0 Å². The van der Waals surface area contributed by atoms with E-state index in [0.29, 0.717) is 6.54 Å². The minimum absolute atomic E-state index is 0.0413. The summed E-state index contributed by atoms with van der Waals surface area (Å²) >= 11 is 1.67. The first-order valence-corrected chi connectivity index (χ1v) is 10.7. The third-order valence-corrected chi connectivity index (χ3v) is 6.51. The Morgan fingerprint density at radius 1 is 1.25 bits per heavy atom. The smallest absolute Gasteiger partial charge is 0.234 e.